The fraction of sp³-hybridized carbons (Fsp3) is 0.300. The second kappa shape index (κ2) is 4.93. The van der Waals surface area contributed by atoms with Gasteiger partial charge in [0.15, 0.2) is 0 Å². The van der Waals surface area contributed by atoms with Gasteiger partial charge in [-0.3, -0.25) is 4.28 Å². The minimum absolute atomic E-state index is 0.109. The lowest BCUT2D eigenvalue weighted by molar-refractivity contribution is 0.337. The van der Waals surface area contributed by atoms with E-state index in [-0.39, 0.29) is 4.90 Å². The van der Waals surface area contributed by atoms with E-state index >= 15 is 0 Å². The van der Waals surface area contributed by atoms with E-state index < -0.39 is 10.1 Å². The molecule has 0 saturated heterocycles. The van der Waals surface area contributed by atoms with Gasteiger partial charge >= 0.3 is 10.1 Å². The van der Waals surface area contributed by atoms with Crippen molar-refractivity contribution < 1.29 is 12.7 Å². The molecular formula is C10H13NO3S. The summed E-state index contributed by atoms with van der Waals surface area (Å²) in [7, 11) is -3.75. The highest BCUT2D eigenvalue weighted by atomic mass is 32.2. The number of hydrogen-bond donors (Lipinski definition) is 0. The van der Waals surface area contributed by atoms with Gasteiger partial charge in [0, 0.05) is 0 Å². The molecule has 0 bridgehead atoms. The predicted molar refractivity (Wildman–Crippen MR) is 58.1 cm³/mol. The zero-order valence-electron chi connectivity index (χ0n) is 8.67. The van der Waals surface area contributed by atoms with E-state index in [4.69, 9.17) is 0 Å². The summed E-state index contributed by atoms with van der Waals surface area (Å²) in [6.07, 6.45) is 0.657. The molecule has 0 aliphatic heterocycles. The molecule has 0 saturated carbocycles. The standard InChI is InChI=1S/C10H13NO3S/c1-3-9(2)11-14-15(12,13)10-7-5-4-6-8-10/h4-8H,3H2,1-2H3/b11-9+. The van der Waals surface area contributed by atoms with Crippen LogP contribution in [0.4, 0.5) is 0 Å². The van der Waals surface area contributed by atoms with Crippen LogP contribution in [0.25, 0.3) is 0 Å². The van der Waals surface area contributed by atoms with E-state index in [2.05, 4.69) is 9.44 Å². The summed E-state index contributed by atoms with van der Waals surface area (Å²) in [6, 6.07) is 7.93. The number of rotatable bonds is 4. The number of oxime groups is 1. The van der Waals surface area contributed by atoms with Gasteiger partial charge in [-0.25, -0.2) is 0 Å². The van der Waals surface area contributed by atoms with Crippen molar-refractivity contribution in [3.63, 3.8) is 0 Å². The first-order chi connectivity index (χ1) is 7.06. The van der Waals surface area contributed by atoms with Gasteiger partial charge in [0.05, 0.1) is 5.71 Å². The Morgan fingerprint density at radius 2 is 1.93 bits per heavy atom. The van der Waals surface area contributed by atoms with Crippen molar-refractivity contribution in [2.24, 2.45) is 5.16 Å². The summed E-state index contributed by atoms with van der Waals surface area (Å²) >= 11 is 0. The molecular weight excluding hydrogens is 214 g/mol. The molecule has 15 heavy (non-hydrogen) atoms. The maximum absolute atomic E-state index is 11.5. The molecule has 0 N–H and O–H groups in total. The van der Waals surface area contributed by atoms with Crippen molar-refractivity contribution >= 4 is 15.8 Å². The average molecular weight is 227 g/mol. The van der Waals surface area contributed by atoms with Crippen LogP contribution < -0.4 is 0 Å². The lowest BCUT2D eigenvalue weighted by Crippen LogP contribution is -2.03. The summed E-state index contributed by atoms with van der Waals surface area (Å²) in [5, 5.41) is 3.52. The number of hydrogen-bond acceptors (Lipinski definition) is 4. The summed E-state index contributed by atoms with van der Waals surface area (Å²) in [4.78, 5) is 0.109. The Morgan fingerprint density at radius 1 is 1.33 bits per heavy atom. The van der Waals surface area contributed by atoms with Crippen LogP contribution in [0.3, 0.4) is 0 Å². The van der Waals surface area contributed by atoms with Gasteiger partial charge in [-0.1, -0.05) is 30.3 Å². The van der Waals surface area contributed by atoms with Gasteiger partial charge < -0.3 is 0 Å². The van der Waals surface area contributed by atoms with Crippen molar-refractivity contribution in [3.05, 3.63) is 30.3 Å². The Morgan fingerprint density at radius 3 is 2.47 bits per heavy atom. The van der Waals surface area contributed by atoms with Crippen molar-refractivity contribution in [1.82, 2.24) is 0 Å². The first-order valence-corrected chi connectivity index (χ1v) is 5.99. The third kappa shape index (κ3) is 3.36. The molecule has 0 heterocycles. The van der Waals surface area contributed by atoms with Crippen molar-refractivity contribution in [1.29, 1.82) is 0 Å². The van der Waals surface area contributed by atoms with Gasteiger partial charge in [0.1, 0.15) is 4.90 Å². The Hall–Kier alpha value is -1.36. The van der Waals surface area contributed by atoms with E-state index in [1.807, 2.05) is 6.92 Å². The van der Waals surface area contributed by atoms with Crippen LogP contribution in [0, 0.1) is 0 Å². The minimum atomic E-state index is -3.75. The molecule has 1 aromatic rings. The van der Waals surface area contributed by atoms with Gasteiger partial charge in [-0.15, -0.1) is 0 Å². The Balaban J connectivity index is 2.87. The van der Waals surface area contributed by atoms with Crippen LogP contribution in [0.2, 0.25) is 0 Å². The second-order valence-corrected chi connectivity index (χ2v) is 4.55. The van der Waals surface area contributed by atoms with E-state index in [1.165, 1.54) is 12.1 Å². The molecule has 0 aliphatic rings. The molecule has 1 aromatic carbocycles. The quantitative estimate of drug-likeness (QED) is 0.585. The lowest BCUT2D eigenvalue weighted by Gasteiger charge is -2.01. The summed E-state index contributed by atoms with van der Waals surface area (Å²) < 4.78 is 27.6. The molecule has 0 spiro atoms. The Labute approximate surface area is 89.7 Å². The van der Waals surface area contributed by atoms with Crippen molar-refractivity contribution in [2.45, 2.75) is 25.2 Å². The summed E-state index contributed by atoms with van der Waals surface area (Å²) in [5.74, 6) is 0. The minimum Gasteiger partial charge on any atom is -0.265 e. The highest BCUT2D eigenvalue weighted by Crippen LogP contribution is 2.11. The normalized spacial score (nSPS) is 12.5. The van der Waals surface area contributed by atoms with E-state index in [1.54, 1.807) is 25.1 Å². The Kier molecular flexibility index (Phi) is 3.85. The lowest BCUT2D eigenvalue weighted by atomic mass is 10.3. The molecule has 0 atom stereocenters. The smallest absolute Gasteiger partial charge is 0.265 e. The molecule has 0 radical (unpaired) electrons. The van der Waals surface area contributed by atoms with Crippen LogP contribution in [-0.2, 0) is 14.4 Å². The molecule has 4 nitrogen and oxygen atoms in total. The number of nitrogens with zero attached hydrogens (tertiary/aromatic N) is 1. The van der Waals surface area contributed by atoms with Crippen LogP contribution in [0.5, 0.6) is 0 Å². The molecule has 0 aliphatic carbocycles. The zero-order chi connectivity index (χ0) is 11.3. The van der Waals surface area contributed by atoms with Gasteiger partial charge in [-0.2, -0.15) is 8.42 Å². The van der Waals surface area contributed by atoms with Crippen LogP contribution in [0.15, 0.2) is 40.4 Å². The SMILES string of the molecule is CC/C(C)=N/OS(=O)(=O)c1ccccc1. The molecule has 1 rings (SSSR count). The highest BCUT2D eigenvalue weighted by Gasteiger charge is 2.14. The first kappa shape index (κ1) is 11.7. The molecule has 5 heteroatoms. The highest BCUT2D eigenvalue weighted by molar-refractivity contribution is 7.86. The molecule has 0 aromatic heterocycles. The Bertz CT molecular complexity index is 437. The molecule has 0 fully saturated rings. The second-order valence-electron chi connectivity index (χ2n) is 3.02. The van der Waals surface area contributed by atoms with Gasteiger partial charge in [0.25, 0.3) is 0 Å². The van der Waals surface area contributed by atoms with Crippen LogP contribution in [0.1, 0.15) is 20.3 Å². The summed E-state index contributed by atoms with van der Waals surface area (Å²) in [6.45, 7) is 3.58. The largest absolute Gasteiger partial charge is 0.358 e. The average Bonchev–Trinajstić information content (AvgIpc) is 2.27. The summed E-state index contributed by atoms with van der Waals surface area (Å²) in [5.41, 5.74) is 0.634. The van der Waals surface area contributed by atoms with Crippen molar-refractivity contribution in [2.75, 3.05) is 0 Å². The molecule has 82 valence electrons. The molecule has 0 unspecified atom stereocenters. The third-order valence-corrected chi connectivity index (χ3v) is 2.96. The van der Waals surface area contributed by atoms with E-state index in [0.29, 0.717) is 12.1 Å². The monoisotopic (exact) mass is 227 g/mol. The van der Waals surface area contributed by atoms with Crippen LogP contribution in [-0.4, -0.2) is 14.1 Å². The zero-order valence-corrected chi connectivity index (χ0v) is 9.49. The number of benzene rings is 1. The maximum atomic E-state index is 11.5. The van der Waals surface area contributed by atoms with E-state index in [9.17, 15) is 8.42 Å². The van der Waals surface area contributed by atoms with Gasteiger partial charge in [-0.05, 0) is 25.5 Å². The first-order valence-electron chi connectivity index (χ1n) is 4.58. The maximum Gasteiger partial charge on any atom is 0.358 e. The van der Waals surface area contributed by atoms with Gasteiger partial charge in [0.2, 0.25) is 0 Å². The fourth-order valence-electron chi connectivity index (χ4n) is 0.807. The van der Waals surface area contributed by atoms with Crippen LogP contribution >= 0.6 is 0 Å². The van der Waals surface area contributed by atoms with E-state index in [0.717, 1.165) is 0 Å². The predicted octanol–water partition coefficient (Wildman–Crippen LogP) is 2.18. The fourth-order valence-corrected chi connectivity index (χ4v) is 1.61. The molecule has 0 amide bonds. The topological polar surface area (TPSA) is 55.7 Å². The third-order valence-electron chi connectivity index (χ3n) is 1.83. The van der Waals surface area contributed by atoms with Crippen molar-refractivity contribution in [3.8, 4) is 0 Å².